The number of hydrogen-bond acceptors (Lipinski definition) is 3. The van der Waals surface area contributed by atoms with Gasteiger partial charge in [-0.25, -0.2) is 8.78 Å². The van der Waals surface area contributed by atoms with Gasteiger partial charge in [-0.1, -0.05) is 13.8 Å². The molecule has 1 saturated carbocycles. The predicted octanol–water partition coefficient (Wildman–Crippen LogP) is 0.741. The standard InChI is InChI=1S/C11H17F2NO4/c1-11(2)7(8(11)10(16)17)9(15)14-3-4-18-5-6(12)13/h6-8H,3-5H2,1-2H3,(H,14,15)(H,16,17)/t7-,8+/m1/s1. The third-order valence-corrected chi connectivity index (χ3v) is 3.17. The van der Waals surface area contributed by atoms with Gasteiger partial charge in [0.15, 0.2) is 0 Å². The molecular weight excluding hydrogens is 248 g/mol. The zero-order valence-corrected chi connectivity index (χ0v) is 10.3. The maximum atomic E-state index is 11.7. The monoisotopic (exact) mass is 265 g/mol. The van der Waals surface area contributed by atoms with Gasteiger partial charge < -0.3 is 15.2 Å². The Hall–Kier alpha value is -1.24. The molecule has 0 aliphatic heterocycles. The summed E-state index contributed by atoms with van der Waals surface area (Å²) >= 11 is 0. The van der Waals surface area contributed by atoms with Crippen LogP contribution >= 0.6 is 0 Å². The van der Waals surface area contributed by atoms with Crippen molar-refractivity contribution in [2.24, 2.45) is 17.3 Å². The summed E-state index contributed by atoms with van der Waals surface area (Å²) in [7, 11) is 0. The van der Waals surface area contributed by atoms with Crippen LogP contribution in [-0.2, 0) is 14.3 Å². The van der Waals surface area contributed by atoms with Crippen molar-refractivity contribution in [2.75, 3.05) is 19.8 Å². The number of carboxylic acid groups (broad SMARTS) is 1. The van der Waals surface area contributed by atoms with Gasteiger partial charge >= 0.3 is 5.97 Å². The molecule has 7 heteroatoms. The summed E-state index contributed by atoms with van der Waals surface area (Å²) in [5.74, 6) is -2.60. The lowest BCUT2D eigenvalue weighted by molar-refractivity contribution is -0.140. The molecule has 5 nitrogen and oxygen atoms in total. The van der Waals surface area contributed by atoms with Crippen LogP contribution < -0.4 is 5.32 Å². The first-order chi connectivity index (χ1) is 8.28. The third-order valence-electron chi connectivity index (χ3n) is 3.17. The zero-order valence-electron chi connectivity index (χ0n) is 10.3. The molecule has 18 heavy (non-hydrogen) atoms. The summed E-state index contributed by atoms with van der Waals surface area (Å²) in [5.41, 5.74) is -0.556. The number of rotatable bonds is 7. The number of alkyl halides is 2. The Balaban J connectivity index is 2.25. The van der Waals surface area contributed by atoms with E-state index in [9.17, 15) is 18.4 Å². The Morgan fingerprint density at radius 2 is 2.00 bits per heavy atom. The van der Waals surface area contributed by atoms with Crippen LogP contribution in [0.4, 0.5) is 8.78 Å². The van der Waals surface area contributed by atoms with Gasteiger partial charge in [0, 0.05) is 6.54 Å². The molecule has 0 heterocycles. The van der Waals surface area contributed by atoms with E-state index in [4.69, 9.17) is 5.11 Å². The van der Waals surface area contributed by atoms with E-state index in [-0.39, 0.29) is 19.1 Å². The molecule has 104 valence electrons. The Bertz CT molecular complexity index is 333. The summed E-state index contributed by atoms with van der Waals surface area (Å²) < 4.78 is 28.0. The van der Waals surface area contributed by atoms with E-state index in [2.05, 4.69) is 10.1 Å². The maximum Gasteiger partial charge on any atom is 0.307 e. The second kappa shape index (κ2) is 5.60. The molecule has 0 saturated heterocycles. The topological polar surface area (TPSA) is 75.6 Å². The molecule has 1 aliphatic carbocycles. The first-order valence-electron chi connectivity index (χ1n) is 5.65. The number of carbonyl (C=O) groups excluding carboxylic acids is 1. The van der Waals surface area contributed by atoms with Crippen LogP contribution in [0.3, 0.4) is 0 Å². The zero-order chi connectivity index (χ0) is 13.9. The predicted molar refractivity (Wildman–Crippen MR) is 58.2 cm³/mol. The van der Waals surface area contributed by atoms with Crippen LogP contribution in [0.5, 0.6) is 0 Å². The summed E-state index contributed by atoms with van der Waals surface area (Å²) in [6.07, 6.45) is -2.53. The molecule has 0 spiro atoms. The molecule has 0 unspecified atom stereocenters. The molecule has 1 aliphatic rings. The fourth-order valence-corrected chi connectivity index (χ4v) is 2.12. The van der Waals surface area contributed by atoms with Crippen LogP contribution in [0.2, 0.25) is 0 Å². The first kappa shape index (κ1) is 14.8. The number of carbonyl (C=O) groups is 2. The fraction of sp³-hybridized carbons (Fsp3) is 0.818. The molecule has 0 aromatic carbocycles. The van der Waals surface area contributed by atoms with Crippen LogP contribution in [-0.4, -0.2) is 43.2 Å². The Labute approximate surface area is 103 Å². The molecule has 2 N–H and O–H groups in total. The van der Waals surface area contributed by atoms with E-state index in [0.717, 1.165) is 0 Å². The fourth-order valence-electron chi connectivity index (χ4n) is 2.12. The van der Waals surface area contributed by atoms with Gasteiger partial charge in [-0.15, -0.1) is 0 Å². The average Bonchev–Trinajstić information content (AvgIpc) is 2.80. The van der Waals surface area contributed by atoms with Gasteiger partial charge in [0.05, 0.1) is 18.4 Å². The van der Waals surface area contributed by atoms with E-state index in [1.807, 2.05) is 0 Å². The van der Waals surface area contributed by atoms with E-state index in [0.29, 0.717) is 0 Å². The summed E-state index contributed by atoms with van der Waals surface area (Å²) in [5, 5.41) is 11.4. The van der Waals surface area contributed by atoms with Crippen LogP contribution in [0.15, 0.2) is 0 Å². The molecule has 2 atom stereocenters. The number of halogens is 2. The average molecular weight is 265 g/mol. The van der Waals surface area contributed by atoms with E-state index in [1.165, 1.54) is 0 Å². The number of carboxylic acids is 1. The summed E-state index contributed by atoms with van der Waals surface area (Å²) in [4.78, 5) is 22.5. The Kier molecular flexibility index (Phi) is 4.61. The lowest BCUT2D eigenvalue weighted by Crippen LogP contribution is -2.30. The van der Waals surface area contributed by atoms with Gasteiger partial charge in [0.25, 0.3) is 6.43 Å². The Morgan fingerprint density at radius 1 is 1.39 bits per heavy atom. The molecule has 0 aromatic rings. The van der Waals surface area contributed by atoms with Crippen molar-refractivity contribution >= 4 is 11.9 Å². The smallest absolute Gasteiger partial charge is 0.307 e. The highest BCUT2D eigenvalue weighted by molar-refractivity contribution is 5.91. The SMILES string of the molecule is CC1(C)[C@H](C(=O)O)[C@@H]1C(=O)NCCOCC(F)F. The van der Waals surface area contributed by atoms with Gasteiger partial charge in [-0.2, -0.15) is 0 Å². The van der Waals surface area contributed by atoms with Crippen molar-refractivity contribution in [1.29, 1.82) is 0 Å². The first-order valence-corrected chi connectivity index (χ1v) is 5.65. The molecule has 0 aromatic heterocycles. The van der Waals surface area contributed by atoms with Gasteiger partial charge in [0.2, 0.25) is 5.91 Å². The summed E-state index contributed by atoms with van der Waals surface area (Å²) in [6.45, 7) is 2.85. The van der Waals surface area contributed by atoms with Crippen molar-refractivity contribution in [1.82, 2.24) is 5.32 Å². The van der Waals surface area contributed by atoms with Crippen LogP contribution in [0, 0.1) is 17.3 Å². The van der Waals surface area contributed by atoms with Crippen LogP contribution in [0.1, 0.15) is 13.8 Å². The van der Waals surface area contributed by atoms with Crippen LogP contribution in [0.25, 0.3) is 0 Å². The number of nitrogens with one attached hydrogen (secondary N) is 1. The number of aliphatic carboxylic acids is 1. The second-order valence-corrected chi connectivity index (χ2v) is 4.87. The van der Waals surface area contributed by atoms with Crippen molar-refractivity contribution < 1.29 is 28.2 Å². The minimum atomic E-state index is -2.53. The molecule has 1 rings (SSSR count). The lowest BCUT2D eigenvalue weighted by Gasteiger charge is -2.06. The van der Waals surface area contributed by atoms with Gasteiger partial charge in [-0.05, 0) is 5.41 Å². The molecular formula is C11H17F2NO4. The minimum absolute atomic E-state index is 0.0129. The van der Waals surface area contributed by atoms with E-state index in [1.54, 1.807) is 13.8 Å². The van der Waals surface area contributed by atoms with Crippen molar-refractivity contribution in [3.8, 4) is 0 Å². The maximum absolute atomic E-state index is 11.7. The molecule has 0 radical (unpaired) electrons. The highest BCUT2D eigenvalue weighted by atomic mass is 19.3. The largest absolute Gasteiger partial charge is 0.481 e. The second-order valence-electron chi connectivity index (χ2n) is 4.87. The van der Waals surface area contributed by atoms with E-state index >= 15 is 0 Å². The van der Waals surface area contributed by atoms with Gasteiger partial charge in [0.1, 0.15) is 6.61 Å². The molecule has 1 amide bonds. The number of hydrogen-bond donors (Lipinski definition) is 2. The highest BCUT2D eigenvalue weighted by Gasteiger charge is 2.65. The lowest BCUT2D eigenvalue weighted by atomic mass is 10.1. The van der Waals surface area contributed by atoms with E-state index < -0.39 is 36.3 Å². The molecule has 1 fully saturated rings. The van der Waals surface area contributed by atoms with Crippen molar-refractivity contribution in [3.63, 3.8) is 0 Å². The Morgan fingerprint density at radius 3 is 2.44 bits per heavy atom. The highest BCUT2D eigenvalue weighted by Crippen LogP contribution is 2.58. The molecule has 0 bridgehead atoms. The third kappa shape index (κ3) is 3.38. The quantitative estimate of drug-likeness (QED) is 0.666. The normalized spacial score (nSPS) is 24.9. The summed E-state index contributed by atoms with van der Waals surface area (Å²) in [6, 6.07) is 0. The van der Waals surface area contributed by atoms with Gasteiger partial charge in [-0.3, -0.25) is 9.59 Å². The van der Waals surface area contributed by atoms with Crippen molar-refractivity contribution in [2.45, 2.75) is 20.3 Å². The van der Waals surface area contributed by atoms with Crippen molar-refractivity contribution in [3.05, 3.63) is 0 Å². The number of ether oxygens (including phenoxy) is 1. The number of amides is 1. The minimum Gasteiger partial charge on any atom is -0.481 e.